The number of carbonyl (C=O) groups is 1. The van der Waals surface area contributed by atoms with Crippen molar-refractivity contribution in [3.05, 3.63) is 23.5 Å². The van der Waals surface area contributed by atoms with Gasteiger partial charge in [0.2, 0.25) is 5.91 Å². The summed E-state index contributed by atoms with van der Waals surface area (Å²) in [5.41, 5.74) is 0.751. The van der Waals surface area contributed by atoms with E-state index in [1.807, 2.05) is 0 Å². The van der Waals surface area contributed by atoms with Crippen molar-refractivity contribution in [3.63, 3.8) is 0 Å². The van der Waals surface area contributed by atoms with Crippen LogP contribution in [-0.2, 0) is 4.79 Å². The third-order valence-electron chi connectivity index (χ3n) is 4.90. The van der Waals surface area contributed by atoms with Gasteiger partial charge in [-0.1, -0.05) is 37.3 Å². The molecule has 0 spiro atoms. The van der Waals surface area contributed by atoms with Crippen molar-refractivity contribution < 1.29 is 4.79 Å². The summed E-state index contributed by atoms with van der Waals surface area (Å²) in [5.74, 6) is 1.97. The molecule has 0 saturated heterocycles. The summed E-state index contributed by atoms with van der Waals surface area (Å²) in [6, 6.07) is 3.49. The van der Waals surface area contributed by atoms with Crippen LogP contribution in [0.15, 0.2) is 18.3 Å². The van der Waals surface area contributed by atoms with E-state index in [0.29, 0.717) is 5.15 Å². The van der Waals surface area contributed by atoms with E-state index in [0.717, 1.165) is 30.4 Å². The summed E-state index contributed by atoms with van der Waals surface area (Å²) < 4.78 is 0. The topological polar surface area (TPSA) is 42.0 Å². The lowest BCUT2D eigenvalue weighted by Crippen LogP contribution is -2.33. The van der Waals surface area contributed by atoms with Crippen molar-refractivity contribution >= 4 is 23.2 Å². The van der Waals surface area contributed by atoms with Gasteiger partial charge in [0.1, 0.15) is 5.15 Å². The number of hydrogen-bond acceptors (Lipinski definition) is 2. The van der Waals surface area contributed by atoms with E-state index in [1.165, 1.54) is 32.1 Å². The van der Waals surface area contributed by atoms with Crippen LogP contribution in [0.3, 0.4) is 0 Å². The van der Waals surface area contributed by atoms with Crippen molar-refractivity contribution in [1.82, 2.24) is 4.98 Å². The molecule has 0 bridgehead atoms. The number of nitrogens with zero attached hydrogens (tertiary/aromatic N) is 1. The zero-order chi connectivity index (χ0) is 13.9. The monoisotopic (exact) mass is 292 g/mol. The first-order chi connectivity index (χ1) is 9.72. The third-order valence-corrected chi connectivity index (χ3v) is 5.11. The van der Waals surface area contributed by atoms with Crippen LogP contribution in [0.4, 0.5) is 5.69 Å². The summed E-state index contributed by atoms with van der Waals surface area (Å²) in [6.45, 7) is 0. The predicted octanol–water partition coefficient (Wildman–Crippen LogP) is 4.28. The zero-order valence-electron chi connectivity index (χ0n) is 11.6. The molecule has 4 heteroatoms. The first-order valence-corrected chi connectivity index (χ1v) is 8.02. The number of carbonyl (C=O) groups excluding carboxylic acids is 1. The number of anilines is 1. The summed E-state index contributed by atoms with van der Waals surface area (Å²) in [5, 5.41) is 3.40. The fourth-order valence-corrected chi connectivity index (χ4v) is 4.01. The summed E-state index contributed by atoms with van der Waals surface area (Å²) in [6.07, 6.45) is 10.4. The Labute approximate surface area is 125 Å². The molecule has 2 aliphatic rings. The predicted molar refractivity (Wildman–Crippen MR) is 80.7 cm³/mol. The van der Waals surface area contributed by atoms with E-state index in [1.54, 1.807) is 18.3 Å². The highest BCUT2D eigenvalue weighted by Crippen LogP contribution is 2.42. The number of pyridine rings is 1. The van der Waals surface area contributed by atoms with Crippen LogP contribution >= 0.6 is 11.6 Å². The van der Waals surface area contributed by atoms with Gasteiger partial charge in [-0.3, -0.25) is 4.79 Å². The van der Waals surface area contributed by atoms with Gasteiger partial charge in [-0.15, -0.1) is 0 Å². The molecule has 1 N–H and O–H groups in total. The fourth-order valence-electron chi connectivity index (χ4n) is 3.84. The molecule has 2 fully saturated rings. The molecule has 2 aliphatic carbocycles. The summed E-state index contributed by atoms with van der Waals surface area (Å²) >= 11 is 5.84. The van der Waals surface area contributed by atoms with E-state index >= 15 is 0 Å². The molecule has 108 valence electrons. The number of amides is 1. The Balaban J connectivity index is 1.60. The Kier molecular flexibility index (Phi) is 4.25. The molecule has 1 heterocycles. The standard InChI is InChI=1S/C16H21ClN2O/c17-15-10-14(7-8-18-15)19-16(20)13-6-5-11-3-1-2-4-12(11)9-13/h7-8,10-13H,1-6,9H2,(H,18,19,20). The van der Waals surface area contributed by atoms with Crippen LogP contribution in [0.1, 0.15) is 44.9 Å². The molecule has 0 radical (unpaired) electrons. The highest BCUT2D eigenvalue weighted by molar-refractivity contribution is 6.29. The highest BCUT2D eigenvalue weighted by Gasteiger charge is 2.34. The molecule has 1 aromatic heterocycles. The minimum atomic E-state index is 0.149. The van der Waals surface area contributed by atoms with Gasteiger partial charge in [-0.05, 0) is 43.2 Å². The quantitative estimate of drug-likeness (QED) is 0.827. The number of nitrogens with one attached hydrogen (secondary N) is 1. The molecule has 1 aromatic rings. The maximum Gasteiger partial charge on any atom is 0.227 e. The third kappa shape index (κ3) is 3.14. The van der Waals surface area contributed by atoms with Gasteiger partial charge in [0, 0.05) is 17.8 Å². The second-order valence-corrected chi connectivity index (χ2v) is 6.56. The van der Waals surface area contributed by atoms with Crippen LogP contribution in [0.5, 0.6) is 0 Å². The Morgan fingerprint density at radius 3 is 2.80 bits per heavy atom. The normalized spacial score (nSPS) is 29.6. The lowest BCUT2D eigenvalue weighted by Gasteiger charge is -2.38. The number of hydrogen-bond donors (Lipinski definition) is 1. The van der Waals surface area contributed by atoms with Crippen LogP contribution in [0.25, 0.3) is 0 Å². The zero-order valence-corrected chi connectivity index (χ0v) is 12.4. The highest BCUT2D eigenvalue weighted by atomic mass is 35.5. The van der Waals surface area contributed by atoms with Crippen molar-refractivity contribution in [2.24, 2.45) is 17.8 Å². The fraction of sp³-hybridized carbons (Fsp3) is 0.625. The van der Waals surface area contributed by atoms with Gasteiger partial charge in [-0.25, -0.2) is 4.98 Å². The minimum absolute atomic E-state index is 0.149. The molecule has 0 aromatic carbocycles. The average Bonchev–Trinajstić information content (AvgIpc) is 2.47. The molecule has 3 nitrogen and oxygen atoms in total. The maximum absolute atomic E-state index is 12.4. The molecular formula is C16H21ClN2O. The van der Waals surface area contributed by atoms with Crippen LogP contribution in [0, 0.1) is 17.8 Å². The number of fused-ring (bicyclic) bond motifs is 1. The molecule has 3 atom stereocenters. The maximum atomic E-state index is 12.4. The molecule has 20 heavy (non-hydrogen) atoms. The van der Waals surface area contributed by atoms with Gasteiger partial charge in [-0.2, -0.15) is 0 Å². The van der Waals surface area contributed by atoms with Crippen LogP contribution in [0.2, 0.25) is 5.15 Å². The molecule has 2 saturated carbocycles. The Morgan fingerprint density at radius 1 is 1.20 bits per heavy atom. The molecule has 3 rings (SSSR count). The van der Waals surface area contributed by atoms with E-state index in [4.69, 9.17) is 11.6 Å². The summed E-state index contributed by atoms with van der Waals surface area (Å²) in [4.78, 5) is 16.3. The van der Waals surface area contributed by atoms with Crippen molar-refractivity contribution in [3.8, 4) is 0 Å². The van der Waals surface area contributed by atoms with Crippen LogP contribution in [-0.4, -0.2) is 10.9 Å². The van der Waals surface area contributed by atoms with Gasteiger partial charge in [0.15, 0.2) is 0 Å². The van der Waals surface area contributed by atoms with E-state index in [2.05, 4.69) is 10.3 Å². The Hall–Kier alpha value is -1.09. The largest absolute Gasteiger partial charge is 0.326 e. The lowest BCUT2D eigenvalue weighted by atomic mass is 9.67. The number of halogens is 1. The summed E-state index contributed by atoms with van der Waals surface area (Å²) in [7, 11) is 0. The van der Waals surface area contributed by atoms with Gasteiger partial charge < -0.3 is 5.32 Å². The second-order valence-electron chi connectivity index (χ2n) is 6.17. The van der Waals surface area contributed by atoms with Crippen molar-refractivity contribution in [2.45, 2.75) is 44.9 Å². The van der Waals surface area contributed by atoms with E-state index in [-0.39, 0.29) is 11.8 Å². The molecular weight excluding hydrogens is 272 g/mol. The first-order valence-electron chi connectivity index (χ1n) is 7.65. The first kappa shape index (κ1) is 13.9. The SMILES string of the molecule is O=C(Nc1ccnc(Cl)c1)C1CCC2CCCCC2C1. The molecule has 0 aliphatic heterocycles. The van der Waals surface area contributed by atoms with Gasteiger partial charge >= 0.3 is 0 Å². The second kappa shape index (κ2) is 6.13. The molecule has 3 unspecified atom stereocenters. The smallest absolute Gasteiger partial charge is 0.227 e. The average molecular weight is 293 g/mol. The van der Waals surface area contributed by atoms with Crippen LogP contribution < -0.4 is 5.32 Å². The van der Waals surface area contributed by atoms with Gasteiger partial charge in [0.05, 0.1) is 0 Å². The van der Waals surface area contributed by atoms with E-state index < -0.39 is 0 Å². The Morgan fingerprint density at radius 2 is 2.00 bits per heavy atom. The van der Waals surface area contributed by atoms with Crippen molar-refractivity contribution in [2.75, 3.05) is 5.32 Å². The molecule has 1 amide bonds. The Bertz CT molecular complexity index is 491. The van der Waals surface area contributed by atoms with Gasteiger partial charge in [0.25, 0.3) is 0 Å². The number of aromatic nitrogens is 1. The van der Waals surface area contributed by atoms with Crippen molar-refractivity contribution in [1.29, 1.82) is 0 Å². The minimum Gasteiger partial charge on any atom is -0.326 e. The van der Waals surface area contributed by atoms with E-state index in [9.17, 15) is 4.79 Å². The number of rotatable bonds is 2. The lowest BCUT2D eigenvalue weighted by molar-refractivity contribution is -0.122.